The standard InChI is InChI=1S/C24H26FN7/c1-28-24(31-14-12-17-5-2-3-6-18(17)16-31)29-13-4-7-22-21(15-26)23(27)32(30-22)20-10-8-19(25)9-11-20/h2-3,5-6,8-11H,4,7,12-14,16,27H2,1H3,(H,28,29). The number of fused-ring (bicyclic) bond motifs is 1. The lowest BCUT2D eigenvalue weighted by atomic mass is 10.0. The van der Waals surface area contributed by atoms with Gasteiger partial charge < -0.3 is 16.0 Å². The first-order valence-corrected chi connectivity index (χ1v) is 10.7. The monoisotopic (exact) mass is 431 g/mol. The Labute approximate surface area is 187 Å². The van der Waals surface area contributed by atoms with Gasteiger partial charge >= 0.3 is 0 Å². The van der Waals surface area contributed by atoms with E-state index >= 15 is 0 Å². The molecular weight excluding hydrogens is 405 g/mol. The summed E-state index contributed by atoms with van der Waals surface area (Å²) in [5.74, 6) is 0.804. The summed E-state index contributed by atoms with van der Waals surface area (Å²) in [5.41, 5.74) is 10.5. The van der Waals surface area contributed by atoms with Crippen LogP contribution < -0.4 is 11.1 Å². The molecule has 0 spiro atoms. The molecule has 4 rings (SSSR count). The molecule has 0 amide bonds. The maximum Gasteiger partial charge on any atom is 0.193 e. The Hall–Kier alpha value is -3.86. The number of anilines is 1. The third kappa shape index (κ3) is 4.42. The van der Waals surface area contributed by atoms with Crippen LogP contribution in [0.1, 0.15) is 28.8 Å². The Balaban J connectivity index is 1.37. The number of aliphatic imine (C=N–C) groups is 1. The smallest absolute Gasteiger partial charge is 0.193 e. The summed E-state index contributed by atoms with van der Waals surface area (Å²) in [6.45, 7) is 2.46. The highest BCUT2D eigenvalue weighted by Crippen LogP contribution is 2.22. The summed E-state index contributed by atoms with van der Waals surface area (Å²) in [6.07, 6.45) is 2.36. The molecule has 164 valence electrons. The first kappa shape index (κ1) is 21.4. The molecule has 0 unspecified atom stereocenters. The molecule has 0 fully saturated rings. The fourth-order valence-corrected chi connectivity index (χ4v) is 4.02. The largest absolute Gasteiger partial charge is 0.382 e. The van der Waals surface area contributed by atoms with Crippen LogP contribution in [0.5, 0.6) is 0 Å². The Morgan fingerprint density at radius 2 is 1.97 bits per heavy atom. The van der Waals surface area contributed by atoms with Crippen molar-refractivity contribution >= 4 is 11.8 Å². The number of aromatic nitrogens is 2. The van der Waals surface area contributed by atoms with Crippen molar-refractivity contribution < 1.29 is 4.39 Å². The van der Waals surface area contributed by atoms with Crippen molar-refractivity contribution in [3.63, 3.8) is 0 Å². The van der Waals surface area contributed by atoms with E-state index < -0.39 is 0 Å². The average Bonchev–Trinajstić information content (AvgIpc) is 3.14. The van der Waals surface area contributed by atoms with Crippen molar-refractivity contribution in [1.82, 2.24) is 20.0 Å². The normalized spacial score (nSPS) is 13.5. The van der Waals surface area contributed by atoms with Gasteiger partial charge in [-0.2, -0.15) is 10.4 Å². The minimum Gasteiger partial charge on any atom is -0.382 e. The number of rotatable bonds is 5. The quantitative estimate of drug-likeness (QED) is 0.368. The third-order valence-electron chi connectivity index (χ3n) is 5.69. The van der Waals surface area contributed by atoms with Crippen LogP contribution >= 0.6 is 0 Å². The zero-order valence-corrected chi connectivity index (χ0v) is 18.1. The van der Waals surface area contributed by atoms with E-state index in [0.717, 1.165) is 31.9 Å². The number of guanidine groups is 1. The molecule has 1 aliphatic rings. The second-order valence-corrected chi connectivity index (χ2v) is 7.72. The summed E-state index contributed by atoms with van der Waals surface area (Å²) in [6, 6.07) is 16.5. The predicted molar refractivity (Wildman–Crippen MR) is 123 cm³/mol. The Bertz CT molecular complexity index is 1160. The van der Waals surface area contributed by atoms with Gasteiger partial charge in [-0.15, -0.1) is 0 Å². The van der Waals surface area contributed by atoms with Gasteiger partial charge in [0.1, 0.15) is 23.3 Å². The number of nitrogens with two attached hydrogens (primary N) is 1. The maximum absolute atomic E-state index is 13.2. The van der Waals surface area contributed by atoms with Gasteiger partial charge in [-0.25, -0.2) is 9.07 Å². The van der Waals surface area contributed by atoms with Crippen LogP contribution in [-0.2, 0) is 19.4 Å². The van der Waals surface area contributed by atoms with Gasteiger partial charge in [0.2, 0.25) is 0 Å². The van der Waals surface area contributed by atoms with Gasteiger partial charge in [-0.1, -0.05) is 24.3 Å². The van der Waals surface area contributed by atoms with E-state index in [9.17, 15) is 9.65 Å². The van der Waals surface area contributed by atoms with Crippen molar-refractivity contribution in [2.45, 2.75) is 25.8 Å². The van der Waals surface area contributed by atoms with Crippen molar-refractivity contribution in [3.05, 3.63) is 76.7 Å². The molecule has 2 heterocycles. The van der Waals surface area contributed by atoms with E-state index in [4.69, 9.17) is 5.73 Å². The molecule has 32 heavy (non-hydrogen) atoms. The van der Waals surface area contributed by atoms with E-state index in [1.807, 2.05) is 0 Å². The molecule has 0 saturated carbocycles. The zero-order chi connectivity index (χ0) is 22.5. The highest BCUT2D eigenvalue weighted by atomic mass is 19.1. The van der Waals surface area contributed by atoms with Crippen LogP contribution in [0.3, 0.4) is 0 Å². The van der Waals surface area contributed by atoms with Crippen molar-refractivity contribution in [3.8, 4) is 11.8 Å². The first-order valence-electron chi connectivity index (χ1n) is 10.7. The summed E-state index contributed by atoms with van der Waals surface area (Å²) in [5, 5.41) is 17.5. The molecule has 1 aliphatic heterocycles. The number of nitrogens with one attached hydrogen (secondary N) is 1. The molecular formula is C24H26FN7. The van der Waals surface area contributed by atoms with Crippen molar-refractivity contribution in [1.29, 1.82) is 5.26 Å². The van der Waals surface area contributed by atoms with Gasteiger partial charge in [0.25, 0.3) is 0 Å². The van der Waals surface area contributed by atoms with Crippen LogP contribution in [0.2, 0.25) is 0 Å². The average molecular weight is 432 g/mol. The van der Waals surface area contributed by atoms with Crippen LogP contribution in [-0.4, -0.2) is 40.8 Å². The molecule has 7 nitrogen and oxygen atoms in total. The molecule has 8 heteroatoms. The third-order valence-corrected chi connectivity index (χ3v) is 5.69. The van der Waals surface area contributed by atoms with Gasteiger partial charge in [0.15, 0.2) is 5.96 Å². The van der Waals surface area contributed by atoms with Crippen molar-refractivity contribution in [2.24, 2.45) is 4.99 Å². The molecule has 0 saturated heterocycles. The van der Waals surface area contributed by atoms with Crippen LogP contribution in [0, 0.1) is 17.1 Å². The summed E-state index contributed by atoms with van der Waals surface area (Å²) >= 11 is 0. The Morgan fingerprint density at radius 1 is 1.22 bits per heavy atom. The number of nitriles is 1. The maximum atomic E-state index is 13.2. The molecule has 2 aromatic carbocycles. The van der Waals surface area contributed by atoms with Crippen LogP contribution in [0.4, 0.5) is 10.2 Å². The summed E-state index contributed by atoms with van der Waals surface area (Å²) in [4.78, 5) is 6.69. The molecule has 0 aliphatic carbocycles. The van der Waals surface area contributed by atoms with Gasteiger partial charge in [-0.05, 0) is 54.7 Å². The van der Waals surface area contributed by atoms with E-state index in [1.54, 1.807) is 19.2 Å². The van der Waals surface area contributed by atoms with Crippen LogP contribution in [0.25, 0.3) is 5.69 Å². The molecule has 3 aromatic rings. The fourth-order valence-electron chi connectivity index (χ4n) is 4.02. The number of hydrogen-bond donors (Lipinski definition) is 2. The summed E-state index contributed by atoms with van der Waals surface area (Å²) < 4.78 is 14.7. The topological polar surface area (TPSA) is 95.3 Å². The lowest BCUT2D eigenvalue weighted by molar-refractivity contribution is 0.378. The van der Waals surface area contributed by atoms with Gasteiger partial charge in [0, 0.05) is 26.7 Å². The number of nitrogen functional groups attached to an aromatic ring is 1. The second-order valence-electron chi connectivity index (χ2n) is 7.72. The predicted octanol–water partition coefficient (Wildman–Crippen LogP) is 3.03. The molecule has 1 aromatic heterocycles. The Morgan fingerprint density at radius 3 is 2.69 bits per heavy atom. The fraction of sp³-hybridized carbons (Fsp3) is 0.292. The number of nitrogens with zero attached hydrogens (tertiary/aromatic N) is 5. The molecule has 0 atom stereocenters. The van der Waals surface area contributed by atoms with E-state index in [1.165, 1.54) is 27.9 Å². The first-order chi connectivity index (χ1) is 15.6. The van der Waals surface area contributed by atoms with E-state index in [0.29, 0.717) is 29.9 Å². The van der Waals surface area contributed by atoms with Crippen molar-refractivity contribution in [2.75, 3.05) is 25.9 Å². The lowest BCUT2D eigenvalue weighted by Crippen LogP contribution is -2.44. The lowest BCUT2D eigenvalue weighted by Gasteiger charge is -2.31. The Kier molecular flexibility index (Phi) is 6.36. The summed E-state index contributed by atoms with van der Waals surface area (Å²) in [7, 11) is 1.79. The van der Waals surface area contributed by atoms with Gasteiger partial charge in [0.05, 0.1) is 11.4 Å². The molecule has 3 N–H and O–H groups in total. The second kappa shape index (κ2) is 9.52. The van der Waals surface area contributed by atoms with E-state index in [-0.39, 0.29) is 11.6 Å². The molecule has 0 radical (unpaired) electrons. The highest BCUT2D eigenvalue weighted by Gasteiger charge is 2.19. The SMILES string of the molecule is CN=C(NCCCc1nn(-c2ccc(F)cc2)c(N)c1C#N)N1CCc2ccccc2C1. The number of hydrogen-bond acceptors (Lipinski definition) is 4. The zero-order valence-electron chi connectivity index (χ0n) is 18.1. The molecule has 0 bridgehead atoms. The minimum atomic E-state index is -0.336. The number of halogens is 1. The minimum absolute atomic E-state index is 0.268. The van der Waals surface area contributed by atoms with E-state index in [2.05, 4.69) is 50.6 Å². The highest BCUT2D eigenvalue weighted by molar-refractivity contribution is 5.80. The van der Waals surface area contributed by atoms with Gasteiger partial charge in [-0.3, -0.25) is 4.99 Å². The number of benzene rings is 2. The number of aryl methyl sites for hydroxylation is 1. The van der Waals surface area contributed by atoms with Crippen LogP contribution in [0.15, 0.2) is 53.5 Å².